The van der Waals surface area contributed by atoms with Gasteiger partial charge in [-0.1, -0.05) is 85.5 Å². The number of hydrogen-bond acceptors (Lipinski definition) is 1. The maximum atomic E-state index is 6.12. The van der Waals surface area contributed by atoms with Crippen molar-refractivity contribution < 1.29 is 0 Å². The van der Waals surface area contributed by atoms with Crippen LogP contribution in [0.1, 0.15) is 23.6 Å². The summed E-state index contributed by atoms with van der Waals surface area (Å²) in [4.78, 5) is 4.48. The molecule has 26 heavy (non-hydrogen) atoms. The third-order valence-electron chi connectivity index (χ3n) is 4.21. The van der Waals surface area contributed by atoms with Gasteiger partial charge >= 0.3 is 0 Å². The monoisotopic (exact) mass is 338 g/mol. The molecule has 2 nitrogen and oxygen atoms in total. The molecule has 0 amide bonds. The maximum Gasteiger partial charge on any atom is 0.131 e. The van der Waals surface area contributed by atoms with Crippen LogP contribution in [0.15, 0.2) is 97.0 Å². The highest BCUT2D eigenvalue weighted by Gasteiger charge is 2.05. The maximum absolute atomic E-state index is 6.12. The van der Waals surface area contributed by atoms with Gasteiger partial charge in [0, 0.05) is 11.1 Å². The molecular weight excluding hydrogens is 316 g/mol. The first-order valence-corrected chi connectivity index (χ1v) is 8.50. The van der Waals surface area contributed by atoms with E-state index in [9.17, 15) is 0 Å². The number of amidine groups is 1. The molecule has 0 heterocycles. The number of nitrogens with zero attached hydrogens (tertiary/aromatic N) is 1. The third-order valence-corrected chi connectivity index (χ3v) is 4.21. The number of hydrogen-bond donors (Lipinski definition) is 1. The van der Waals surface area contributed by atoms with Gasteiger partial charge in [-0.2, -0.15) is 0 Å². The van der Waals surface area contributed by atoms with Gasteiger partial charge in [0.1, 0.15) is 5.84 Å². The first kappa shape index (κ1) is 17.4. The summed E-state index contributed by atoms with van der Waals surface area (Å²) in [5.41, 5.74) is 13.0. The quantitative estimate of drug-likeness (QED) is 0.466. The van der Waals surface area contributed by atoms with Gasteiger partial charge in [0.15, 0.2) is 0 Å². The van der Waals surface area contributed by atoms with E-state index >= 15 is 0 Å². The van der Waals surface area contributed by atoms with Gasteiger partial charge in [-0.3, -0.25) is 0 Å². The highest BCUT2D eigenvalue weighted by atomic mass is 14.9. The van der Waals surface area contributed by atoms with E-state index in [0.717, 1.165) is 33.4 Å². The largest absolute Gasteiger partial charge is 0.383 e. The molecule has 0 aliphatic rings. The van der Waals surface area contributed by atoms with Gasteiger partial charge in [-0.25, -0.2) is 4.99 Å². The summed E-state index contributed by atoms with van der Waals surface area (Å²) in [6.45, 7) is 10.1. The summed E-state index contributed by atoms with van der Waals surface area (Å²) in [6.07, 6.45) is 0. The Bertz CT molecular complexity index is 982. The molecule has 2 heteroatoms. The second-order valence-electron chi connectivity index (χ2n) is 6.25. The van der Waals surface area contributed by atoms with E-state index < -0.39 is 0 Å². The van der Waals surface area contributed by atoms with Crippen LogP contribution in [-0.4, -0.2) is 5.84 Å². The van der Waals surface area contributed by atoms with Crippen molar-refractivity contribution in [1.29, 1.82) is 0 Å². The van der Waals surface area contributed by atoms with Crippen molar-refractivity contribution in [2.75, 3.05) is 0 Å². The molecule has 128 valence electrons. The molecule has 0 saturated heterocycles. The molecule has 0 unspecified atom stereocenters. The number of rotatable bonds is 5. The van der Waals surface area contributed by atoms with E-state index in [1.807, 2.05) is 55.5 Å². The van der Waals surface area contributed by atoms with E-state index in [-0.39, 0.29) is 0 Å². The highest BCUT2D eigenvalue weighted by Crippen LogP contribution is 2.26. The minimum atomic E-state index is 0.463. The normalized spacial score (nSPS) is 11.2. The zero-order valence-electron chi connectivity index (χ0n) is 14.9. The molecule has 0 atom stereocenters. The second-order valence-corrected chi connectivity index (χ2v) is 6.25. The molecule has 0 bridgehead atoms. The van der Waals surface area contributed by atoms with Gasteiger partial charge in [0.25, 0.3) is 0 Å². The van der Waals surface area contributed by atoms with Gasteiger partial charge in [0.05, 0.1) is 5.70 Å². The Kier molecular flexibility index (Phi) is 5.14. The van der Waals surface area contributed by atoms with Crippen molar-refractivity contribution >= 4 is 17.1 Å². The highest BCUT2D eigenvalue weighted by molar-refractivity contribution is 6.00. The van der Waals surface area contributed by atoms with Crippen LogP contribution in [0.5, 0.6) is 0 Å². The number of aliphatic imine (C=N–C) groups is 1. The lowest BCUT2D eigenvalue weighted by Crippen LogP contribution is -2.13. The molecule has 0 saturated carbocycles. The Balaban J connectivity index is 1.91. The number of nitrogens with two attached hydrogens (primary N) is 1. The summed E-state index contributed by atoms with van der Waals surface area (Å²) in [5, 5.41) is 0. The molecule has 3 rings (SSSR count). The number of allylic oxidation sites excluding steroid dienone is 1. The minimum Gasteiger partial charge on any atom is -0.383 e. The Hall–Kier alpha value is -3.39. The van der Waals surface area contributed by atoms with Gasteiger partial charge < -0.3 is 5.73 Å². The Morgan fingerprint density at radius 3 is 1.88 bits per heavy atom. The van der Waals surface area contributed by atoms with Crippen molar-refractivity contribution in [1.82, 2.24) is 0 Å². The van der Waals surface area contributed by atoms with Crippen LogP contribution >= 0.6 is 0 Å². The predicted molar refractivity (Wildman–Crippen MR) is 113 cm³/mol. The Morgan fingerprint density at radius 2 is 1.27 bits per heavy atom. The van der Waals surface area contributed by atoms with Crippen molar-refractivity contribution in [3.8, 4) is 11.1 Å². The molecular formula is C24H22N2. The molecule has 0 spiro atoms. The molecule has 0 aliphatic carbocycles. The Morgan fingerprint density at radius 1 is 0.731 bits per heavy atom. The fourth-order valence-electron chi connectivity index (χ4n) is 2.73. The lowest BCUT2D eigenvalue weighted by atomic mass is 9.98. The average Bonchev–Trinajstić information content (AvgIpc) is 2.68. The average molecular weight is 338 g/mol. The summed E-state index contributed by atoms with van der Waals surface area (Å²) in [6, 6.07) is 26.2. The third kappa shape index (κ3) is 3.98. The van der Waals surface area contributed by atoms with E-state index in [2.05, 4.69) is 48.5 Å². The van der Waals surface area contributed by atoms with Crippen molar-refractivity contribution in [3.05, 3.63) is 109 Å². The lowest BCUT2D eigenvalue weighted by Gasteiger charge is -2.08. The molecule has 0 radical (unpaired) electrons. The SMILES string of the molecule is C=C(C)c1cccc(-c2cccc(C(=C)/N=C(\N)c3ccccc3)c2)c1. The van der Waals surface area contributed by atoms with Crippen molar-refractivity contribution in [2.24, 2.45) is 10.7 Å². The summed E-state index contributed by atoms with van der Waals surface area (Å²) >= 11 is 0. The fraction of sp³-hybridized carbons (Fsp3) is 0.0417. The number of benzene rings is 3. The van der Waals surface area contributed by atoms with E-state index in [1.165, 1.54) is 0 Å². The molecule has 0 aromatic heterocycles. The van der Waals surface area contributed by atoms with Gasteiger partial charge in [-0.15, -0.1) is 0 Å². The summed E-state index contributed by atoms with van der Waals surface area (Å²) < 4.78 is 0. The van der Waals surface area contributed by atoms with Gasteiger partial charge in [0.2, 0.25) is 0 Å². The molecule has 0 aliphatic heterocycles. The van der Waals surface area contributed by atoms with Crippen LogP contribution in [0.3, 0.4) is 0 Å². The van der Waals surface area contributed by atoms with E-state index in [4.69, 9.17) is 5.73 Å². The van der Waals surface area contributed by atoms with Crippen LogP contribution in [0, 0.1) is 0 Å². The zero-order valence-corrected chi connectivity index (χ0v) is 14.9. The fourth-order valence-corrected chi connectivity index (χ4v) is 2.73. The molecule has 0 fully saturated rings. The minimum absolute atomic E-state index is 0.463. The van der Waals surface area contributed by atoms with Crippen LogP contribution in [0.25, 0.3) is 22.4 Å². The van der Waals surface area contributed by atoms with Crippen LogP contribution in [-0.2, 0) is 0 Å². The van der Waals surface area contributed by atoms with Crippen molar-refractivity contribution in [2.45, 2.75) is 6.92 Å². The van der Waals surface area contributed by atoms with E-state index in [0.29, 0.717) is 11.5 Å². The van der Waals surface area contributed by atoms with E-state index in [1.54, 1.807) is 0 Å². The summed E-state index contributed by atoms with van der Waals surface area (Å²) in [7, 11) is 0. The van der Waals surface area contributed by atoms with Crippen LogP contribution in [0.4, 0.5) is 0 Å². The van der Waals surface area contributed by atoms with Crippen LogP contribution in [0.2, 0.25) is 0 Å². The zero-order chi connectivity index (χ0) is 18.5. The topological polar surface area (TPSA) is 38.4 Å². The predicted octanol–water partition coefficient (Wildman–Crippen LogP) is 5.76. The second kappa shape index (κ2) is 7.66. The molecule has 3 aromatic rings. The first-order chi connectivity index (χ1) is 12.5. The van der Waals surface area contributed by atoms with Gasteiger partial charge in [-0.05, 0) is 35.7 Å². The smallest absolute Gasteiger partial charge is 0.131 e. The first-order valence-electron chi connectivity index (χ1n) is 8.50. The standard InChI is InChI=1S/C24H22N2/c1-17(2)20-11-7-13-22(15-20)23-14-8-12-21(16-23)18(3)26-24(25)19-9-5-4-6-10-19/h4-16H,1,3H2,2H3,(H2,25,26). The summed E-state index contributed by atoms with van der Waals surface area (Å²) in [5.74, 6) is 0.463. The molecule has 2 N–H and O–H groups in total. The van der Waals surface area contributed by atoms with Crippen LogP contribution < -0.4 is 5.73 Å². The lowest BCUT2D eigenvalue weighted by molar-refractivity contribution is 1.45. The van der Waals surface area contributed by atoms with Crippen molar-refractivity contribution in [3.63, 3.8) is 0 Å². The Labute approximate surface area is 155 Å². The molecule has 3 aromatic carbocycles.